The molecule has 1 N–H and O–H groups in total. The van der Waals surface area contributed by atoms with Gasteiger partial charge in [0, 0.05) is 37.1 Å². The summed E-state index contributed by atoms with van der Waals surface area (Å²) in [5.74, 6) is 0. The van der Waals surface area contributed by atoms with E-state index in [1.54, 1.807) is 17.6 Å². The molecule has 0 spiro atoms. The molecule has 0 bridgehead atoms. The number of thiophene rings is 1. The van der Waals surface area contributed by atoms with Crippen LogP contribution >= 0.6 is 11.3 Å². The fourth-order valence-corrected chi connectivity index (χ4v) is 5.74. The van der Waals surface area contributed by atoms with Gasteiger partial charge >= 0.3 is 0 Å². The van der Waals surface area contributed by atoms with Crippen LogP contribution < -0.4 is 10.3 Å². The van der Waals surface area contributed by atoms with Crippen molar-refractivity contribution in [3.63, 3.8) is 0 Å². The third-order valence-electron chi connectivity index (χ3n) is 5.09. The molecule has 2 fully saturated rings. The lowest BCUT2D eigenvalue weighted by Gasteiger charge is -2.27. The van der Waals surface area contributed by atoms with Gasteiger partial charge in [0.05, 0.1) is 47.5 Å². The minimum Gasteiger partial charge on any atom is -0.379 e. The van der Waals surface area contributed by atoms with Gasteiger partial charge in [-0.25, -0.2) is 8.42 Å². The van der Waals surface area contributed by atoms with Crippen LogP contribution in [-0.2, 0) is 19.5 Å². The smallest absolute Gasteiger partial charge is 0.295 e. The maximum absolute atomic E-state index is 12.8. The quantitative estimate of drug-likeness (QED) is 0.361. The molecule has 0 saturated carbocycles. The molecule has 2 aliphatic heterocycles. The Labute approximate surface area is 189 Å². The van der Waals surface area contributed by atoms with Crippen LogP contribution in [0.2, 0.25) is 0 Å². The predicted octanol–water partition coefficient (Wildman–Crippen LogP) is 1.96. The van der Waals surface area contributed by atoms with E-state index in [0.29, 0.717) is 26.4 Å². The van der Waals surface area contributed by atoms with Crippen LogP contribution in [0.3, 0.4) is 0 Å². The van der Waals surface area contributed by atoms with Crippen LogP contribution in [0, 0.1) is 10.1 Å². The van der Waals surface area contributed by atoms with Crippen LogP contribution in [0.4, 0.5) is 16.4 Å². The molecule has 2 aliphatic rings. The maximum atomic E-state index is 12.8. The summed E-state index contributed by atoms with van der Waals surface area (Å²) in [7, 11) is -3.84. The first-order valence-corrected chi connectivity index (χ1v) is 12.3. The third-order valence-corrected chi connectivity index (χ3v) is 8.06. The molecule has 1 aromatic heterocycles. The highest BCUT2D eigenvalue weighted by Crippen LogP contribution is 2.30. The van der Waals surface area contributed by atoms with Crippen molar-refractivity contribution < 1.29 is 22.8 Å². The number of hydrogen-bond acceptors (Lipinski definition) is 10. The van der Waals surface area contributed by atoms with Crippen molar-refractivity contribution in [2.75, 3.05) is 62.9 Å². The fraction of sp³-hybridized carbons (Fsp3) is 0.421. The Bertz CT molecular complexity index is 1090. The second-order valence-electron chi connectivity index (χ2n) is 7.10. The van der Waals surface area contributed by atoms with E-state index in [9.17, 15) is 18.5 Å². The van der Waals surface area contributed by atoms with E-state index in [2.05, 4.69) is 15.4 Å². The van der Waals surface area contributed by atoms with E-state index in [0.717, 1.165) is 29.0 Å². The van der Waals surface area contributed by atoms with E-state index < -0.39 is 14.9 Å². The second kappa shape index (κ2) is 9.92. The molecular formula is C19H23N5O6S2. The van der Waals surface area contributed by atoms with Gasteiger partial charge in [0.2, 0.25) is 10.0 Å². The number of benzene rings is 1. The first-order valence-electron chi connectivity index (χ1n) is 10.0. The molecule has 0 atom stereocenters. The third kappa shape index (κ3) is 5.07. The zero-order chi connectivity index (χ0) is 22.6. The van der Waals surface area contributed by atoms with Crippen molar-refractivity contribution in [3.8, 4) is 0 Å². The van der Waals surface area contributed by atoms with Crippen LogP contribution in [0.1, 0.15) is 4.88 Å². The Balaban J connectivity index is 1.48. The Kier molecular flexibility index (Phi) is 7.01. The van der Waals surface area contributed by atoms with Gasteiger partial charge in [0.25, 0.3) is 5.69 Å². The van der Waals surface area contributed by atoms with Crippen LogP contribution in [-0.4, -0.2) is 76.5 Å². The lowest BCUT2D eigenvalue weighted by atomic mass is 10.3. The summed E-state index contributed by atoms with van der Waals surface area (Å²) in [6, 6.07) is 7.69. The van der Waals surface area contributed by atoms with Gasteiger partial charge in [0.1, 0.15) is 5.69 Å². The number of rotatable bonds is 7. The molecule has 3 heterocycles. The number of morpholine rings is 2. The first kappa shape index (κ1) is 22.6. The number of nitro groups is 1. The van der Waals surface area contributed by atoms with Crippen molar-refractivity contribution in [2.24, 2.45) is 5.10 Å². The van der Waals surface area contributed by atoms with Gasteiger partial charge < -0.3 is 14.4 Å². The molecule has 1 aromatic carbocycles. The maximum Gasteiger partial charge on any atom is 0.295 e. The van der Waals surface area contributed by atoms with Crippen molar-refractivity contribution in [1.29, 1.82) is 0 Å². The first-order chi connectivity index (χ1) is 15.4. The molecule has 172 valence electrons. The van der Waals surface area contributed by atoms with Crippen molar-refractivity contribution in [1.82, 2.24) is 4.31 Å². The average Bonchev–Trinajstić information content (AvgIpc) is 3.29. The number of anilines is 2. The van der Waals surface area contributed by atoms with E-state index in [1.165, 1.54) is 16.4 Å². The Hall–Kier alpha value is -2.58. The van der Waals surface area contributed by atoms with E-state index >= 15 is 0 Å². The van der Waals surface area contributed by atoms with Crippen LogP contribution in [0.15, 0.2) is 40.3 Å². The normalized spacial score (nSPS) is 18.2. The summed E-state index contributed by atoms with van der Waals surface area (Å²) in [5.41, 5.74) is 2.41. The summed E-state index contributed by atoms with van der Waals surface area (Å²) in [4.78, 5) is 13.9. The number of sulfonamides is 1. The lowest BCUT2D eigenvalue weighted by molar-refractivity contribution is -0.384. The monoisotopic (exact) mass is 481 g/mol. The number of nitro benzene ring substituents is 1. The molecular weight excluding hydrogens is 458 g/mol. The van der Waals surface area contributed by atoms with Gasteiger partial charge in [-0.15, -0.1) is 11.3 Å². The van der Waals surface area contributed by atoms with Gasteiger partial charge in [-0.1, -0.05) is 0 Å². The summed E-state index contributed by atoms with van der Waals surface area (Å²) in [6.45, 7) is 4.09. The highest BCUT2D eigenvalue weighted by molar-refractivity contribution is 7.89. The summed E-state index contributed by atoms with van der Waals surface area (Å²) in [5, 5.41) is 16.8. The summed E-state index contributed by atoms with van der Waals surface area (Å²) in [6.07, 6.45) is 1.58. The van der Waals surface area contributed by atoms with Gasteiger partial charge in [0.15, 0.2) is 0 Å². The van der Waals surface area contributed by atoms with Crippen LogP contribution in [0.5, 0.6) is 0 Å². The standard InChI is InChI=1S/C19H23N5O6S2/c25-24(26)18-13-16(32(27,28)23-7-11-30-12-8-23)2-3-17(18)21-20-14-15-1-4-19(31-15)22-5-9-29-10-6-22/h1-4,13-14,21H,5-12H2. The zero-order valence-electron chi connectivity index (χ0n) is 17.2. The molecule has 0 amide bonds. The molecule has 13 heteroatoms. The SMILES string of the molecule is O=[N+]([O-])c1cc(S(=O)(=O)N2CCOCC2)ccc1NN=Cc1ccc(N2CCOCC2)s1. The minimum absolute atomic E-state index is 0.108. The predicted molar refractivity (Wildman–Crippen MR) is 121 cm³/mol. The molecule has 0 radical (unpaired) electrons. The zero-order valence-corrected chi connectivity index (χ0v) is 18.8. The van der Waals surface area contributed by atoms with Gasteiger partial charge in [-0.05, 0) is 24.3 Å². The molecule has 2 aromatic rings. The second-order valence-corrected chi connectivity index (χ2v) is 10.1. The lowest BCUT2D eigenvalue weighted by Crippen LogP contribution is -2.40. The summed E-state index contributed by atoms with van der Waals surface area (Å²) < 4.78 is 37.4. The minimum atomic E-state index is -3.84. The number of nitrogens with one attached hydrogen (secondary N) is 1. The Morgan fingerprint density at radius 3 is 2.44 bits per heavy atom. The van der Waals surface area contributed by atoms with E-state index in [4.69, 9.17) is 9.47 Å². The molecule has 32 heavy (non-hydrogen) atoms. The van der Waals surface area contributed by atoms with Crippen molar-refractivity contribution in [3.05, 3.63) is 45.3 Å². The van der Waals surface area contributed by atoms with Crippen molar-refractivity contribution >= 4 is 44.0 Å². The number of nitrogens with zero attached hydrogens (tertiary/aromatic N) is 4. The highest BCUT2D eigenvalue weighted by Gasteiger charge is 2.28. The van der Waals surface area contributed by atoms with E-state index in [-0.39, 0.29) is 29.4 Å². The fourth-order valence-electron chi connectivity index (χ4n) is 3.38. The highest BCUT2D eigenvalue weighted by atomic mass is 32.2. The number of ether oxygens (including phenoxy) is 2. The van der Waals surface area contributed by atoms with Crippen molar-refractivity contribution in [2.45, 2.75) is 4.90 Å². The topological polar surface area (TPSA) is 127 Å². The Morgan fingerprint density at radius 2 is 1.75 bits per heavy atom. The largest absolute Gasteiger partial charge is 0.379 e. The number of hydrogen-bond donors (Lipinski definition) is 1. The number of hydrazone groups is 1. The van der Waals surface area contributed by atoms with Crippen LogP contribution in [0.25, 0.3) is 0 Å². The summed E-state index contributed by atoms with van der Waals surface area (Å²) >= 11 is 1.56. The molecule has 4 rings (SSSR count). The Morgan fingerprint density at radius 1 is 1.06 bits per heavy atom. The van der Waals surface area contributed by atoms with Gasteiger partial charge in [-0.3, -0.25) is 15.5 Å². The molecule has 0 aliphatic carbocycles. The average molecular weight is 482 g/mol. The molecule has 0 unspecified atom stereocenters. The molecule has 2 saturated heterocycles. The van der Waals surface area contributed by atoms with E-state index in [1.807, 2.05) is 12.1 Å². The molecule has 11 nitrogen and oxygen atoms in total. The van der Waals surface area contributed by atoms with Gasteiger partial charge in [-0.2, -0.15) is 9.41 Å².